The van der Waals surface area contributed by atoms with Crippen LogP contribution in [0.4, 0.5) is 9.52 Å². The van der Waals surface area contributed by atoms with E-state index >= 15 is 0 Å². The molecular formula is C18H22FN3O2S. The summed E-state index contributed by atoms with van der Waals surface area (Å²) < 4.78 is 18.6. The SMILES string of the molecule is C[C@@H]1CN(CC(=O)Nc2ncc(Cc3ccc(F)cc3)s2)C[C@H](C)O1. The van der Waals surface area contributed by atoms with E-state index in [0.29, 0.717) is 18.1 Å². The van der Waals surface area contributed by atoms with Crippen LogP contribution < -0.4 is 5.32 Å². The van der Waals surface area contributed by atoms with Crippen LogP contribution in [0.15, 0.2) is 30.5 Å². The van der Waals surface area contributed by atoms with Crippen molar-refractivity contribution >= 4 is 22.4 Å². The third-order valence-corrected chi connectivity index (χ3v) is 4.87. The molecule has 0 spiro atoms. The maximum Gasteiger partial charge on any atom is 0.240 e. The Kier molecular flexibility index (Phi) is 5.78. The number of halogens is 1. The molecule has 5 nitrogen and oxygen atoms in total. The van der Waals surface area contributed by atoms with E-state index in [1.165, 1.54) is 23.5 Å². The number of nitrogens with one attached hydrogen (secondary N) is 1. The Bertz CT molecular complexity index is 709. The molecule has 3 rings (SSSR count). The Morgan fingerprint density at radius 3 is 2.68 bits per heavy atom. The summed E-state index contributed by atoms with van der Waals surface area (Å²) in [7, 11) is 0. The number of anilines is 1. The molecule has 0 bridgehead atoms. The third-order valence-electron chi connectivity index (χ3n) is 3.95. The van der Waals surface area contributed by atoms with E-state index in [-0.39, 0.29) is 23.9 Å². The largest absolute Gasteiger partial charge is 0.373 e. The first-order valence-electron chi connectivity index (χ1n) is 8.35. The summed E-state index contributed by atoms with van der Waals surface area (Å²) in [5.74, 6) is -0.309. The van der Waals surface area contributed by atoms with Gasteiger partial charge in [0.05, 0.1) is 18.8 Å². The van der Waals surface area contributed by atoms with Crippen LogP contribution in [-0.4, -0.2) is 47.6 Å². The minimum atomic E-state index is -0.243. The van der Waals surface area contributed by atoms with Crippen molar-refractivity contribution in [3.63, 3.8) is 0 Å². The molecule has 7 heteroatoms. The van der Waals surface area contributed by atoms with Gasteiger partial charge in [-0.15, -0.1) is 11.3 Å². The number of aromatic nitrogens is 1. The van der Waals surface area contributed by atoms with Gasteiger partial charge in [0, 0.05) is 30.6 Å². The summed E-state index contributed by atoms with van der Waals surface area (Å²) in [5, 5.41) is 3.45. The van der Waals surface area contributed by atoms with Crippen LogP contribution in [0.3, 0.4) is 0 Å². The van der Waals surface area contributed by atoms with Crippen LogP contribution in [0, 0.1) is 5.82 Å². The lowest BCUT2D eigenvalue weighted by atomic mass is 10.1. The minimum Gasteiger partial charge on any atom is -0.373 e. The first-order chi connectivity index (χ1) is 12.0. The molecule has 1 aliphatic heterocycles. The van der Waals surface area contributed by atoms with E-state index < -0.39 is 0 Å². The number of hydrogen-bond donors (Lipinski definition) is 1. The molecule has 2 atom stereocenters. The van der Waals surface area contributed by atoms with Crippen LogP contribution in [0.1, 0.15) is 24.3 Å². The molecule has 1 aliphatic rings. The molecular weight excluding hydrogens is 341 g/mol. The number of nitrogens with zero attached hydrogens (tertiary/aromatic N) is 2. The van der Waals surface area contributed by atoms with E-state index in [9.17, 15) is 9.18 Å². The van der Waals surface area contributed by atoms with E-state index in [1.807, 2.05) is 13.8 Å². The maximum absolute atomic E-state index is 12.9. The zero-order valence-corrected chi connectivity index (χ0v) is 15.2. The Labute approximate surface area is 150 Å². The number of hydrogen-bond acceptors (Lipinski definition) is 5. The van der Waals surface area contributed by atoms with Crippen molar-refractivity contribution in [1.82, 2.24) is 9.88 Å². The van der Waals surface area contributed by atoms with Crippen LogP contribution >= 0.6 is 11.3 Å². The normalized spacial score (nSPS) is 21.2. The Hall–Kier alpha value is -1.83. The predicted octanol–water partition coefficient (Wildman–Crippen LogP) is 2.92. The molecule has 1 saturated heterocycles. The molecule has 1 aromatic carbocycles. The van der Waals surface area contributed by atoms with Crippen LogP contribution in [0.2, 0.25) is 0 Å². The second-order valence-electron chi connectivity index (χ2n) is 6.43. The Balaban J connectivity index is 1.52. The summed E-state index contributed by atoms with van der Waals surface area (Å²) in [6.07, 6.45) is 2.70. The zero-order chi connectivity index (χ0) is 17.8. The van der Waals surface area contributed by atoms with Crippen molar-refractivity contribution in [2.24, 2.45) is 0 Å². The first-order valence-corrected chi connectivity index (χ1v) is 9.16. The van der Waals surface area contributed by atoms with Crippen molar-refractivity contribution in [1.29, 1.82) is 0 Å². The van der Waals surface area contributed by atoms with Gasteiger partial charge in [0.1, 0.15) is 5.82 Å². The van der Waals surface area contributed by atoms with Crippen molar-refractivity contribution < 1.29 is 13.9 Å². The zero-order valence-electron chi connectivity index (χ0n) is 14.4. The number of rotatable bonds is 5. The highest BCUT2D eigenvalue weighted by molar-refractivity contribution is 7.15. The van der Waals surface area contributed by atoms with Crippen molar-refractivity contribution in [2.75, 3.05) is 25.0 Å². The van der Waals surface area contributed by atoms with Crippen LogP contribution in [0.5, 0.6) is 0 Å². The molecule has 0 unspecified atom stereocenters. The number of thiazole rings is 1. The lowest BCUT2D eigenvalue weighted by Crippen LogP contribution is -2.48. The molecule has 1 N–H and O–H groups in total. The lowest BCUT2D eigenvalue weighted by Gasteiger charge is -2.34. The number of carbonyl (C=O) groups excluding carboxylic acids is 1. The van der Waals surface area contributed by atoms with Gasteiger partial charge < -0.3 is 10.1 Å². The quantitative estimate of drug-likeness (QED) is 0.887. The van der Waals surface area contributed by atoms with Crippen molar-refractivity contribution in [3.05, 3.63) is 46.7 Å². The van der Waals surface area contributed by atoms with Crippen molar-refractivity contribution in [3.8, 4) is 0 Å². The number of morpholine rings is 1. The second-order valence-corrected chi connectivity index (χ2v) is 7.55. The average Bonchev–Trinajstić information content (AvgIpc) is 2.95. The molecule has 2 heterocycles. The van der Waals surface area contributed by atoms with E-state index in [0.717, 1.165) is 23.5 Å². The van der Waals surface area contributed by atoms with Gasteiger partial charge in [-0.25, -0.2) is 9.37 Å². The molecule has 1 amide bonds. The summed E-state index contributed by atoms with van der Waals surface area (Å²) >= 11 is 1.44. The van der Waals surface area contributed by atoms with E-state index in [2.05, 4.69) is 15.2 Å². The summed E-state index contributed by atoms with van der Waals surface area (Å²) in [6, 6.07) is 6.41. The molecule has 1 fully saturated rings. The van der Waals surface area contributed by atoms with Gasteiger partial charge in [0.15, 0.2) is 5.13 Å². The molecule has 1 aromatic heterocycles. The van der Waals surface area contributed by atoms with E-state index in [4.69, 9.17) is 4.74 Å². The molecule has 134 valence electrons. The first kappa shape index (κ1) is 18.0. The summed E-state index contributed by atoms with van der Waals surface area (Å²) in [5.41, 5.74) is 1.01. The number of amides is 1. The van der Waals surface area contributed by atoms with E-state index in [1.54, 1.807) is 18.3 Å². The fourth-order valence-electron chi connectivity index (χ4n) is 3.03. The van der Waals surface area contributed by atoms with Crippen LogP contribution in [-0.2, 0) is 16.0 Å². The van der Waals surface area contributed by atoms with Gasteiger partial charge in [-0.3, -0.25) is 9.69 Å². The summed E-state index contributed by atoms with van der Waals surface area (Å²) in [6.45, 7) is 5.88. The fraction of sp³-hybridized carbons (Fsp3) is 0.444. The van der Waals surface area contributed by atoms with Gasteiger partial charge in [-0.05, 0) is 31.5 Å². The van der Waals surface area contributed by atoms with Gasteiger partial charge in [-0.2, -0.15) is 0 Å². The third kappa shape index (κ3) is 5.32. The Morgan fingerprint density at radius 1 is 1.32 bits per heavy atom. The highest BCUT2D eigenvalue weighted by atomic mass is 32.1. The average molecular weight is 363 g/mol. The highest BCUT2D eigenvalue weighted by Gasteiger charge is 2.23. The molecule has 0 saturated carbocycles. The van der Waals surface area contributed by atoms with Gasteiger partial charge in [-0.1, -0.05) is 12.1 Å². The van der Waals surface area contributed by atoms with Crippen molar-refractivity contribution in [2.45, 2.75) is 32.5 Å². The Morgan fingerprint density at radius 2 is 2.00 bits per heavy atom. The molecule has 25 heavy (non-hydrogen) atoms. The maximum atomic E-state index is 12.9. The molecule has 2 aromatic rings. The fourth-order valence-corrected chi connectivity index (χ4v) is 3.89. The number of carbonyl (C=O) groups is 1. The van der Waals surface area contributed by atoms with Crippen LogP contribution in [0.25, 0.3) is 0 Å². The predicted molar refractivity (Wildman–Crippen MR) is 96.4 cm³/mol. The van der Waals surface area contributed by atoms with Gasteiger partial charge >= 0.3 is 0 Å². The van der Waals surface area contributed by atoms with Gasteiger partial charge in [0.25, 0.3) is 0 Å². The monoisotopic (exact) mass is 363 g/mol. The molecule has 0 aliphatic carbocycles. The highest BCUT2D eigenvalue weighted by Crippen LogP contribution is 2.21. The molecule has 0 radical (unpaired) electrons. The summed E-state index contributed by atoms with van der Waals surface area (Å²) in [4.78, 5) is 19.6. The topological polar surface area (TPSA) is 54.5 Å². The smallest absolute Gasteiger partial charge is 0.240 e. The number of benzene rings is 1. The minimum absolute atomic E-state index is 0.0658. The number of ether oxygens (including phenoxy) is 1. The van der Waals surface area contributed by atoms with Gasteiger partial charge in [0.2, 0.25) is 5.91 Å². The second kappa shape index (κ2) is 8.03. The lowest BCUT2D eigenvalue weighted by molar-refractivity contribution is -0.121. The standard InChI is InChI=1S/C18H22FN3O2S/c1-12-9-22(10-13(2)24-12)11-17(23)21-18-20-8-16(25-18)7-14-3-5-15(19)6-4-14/h3-6,8,12-13H,7,9-11H2,1-2H3,(H,20,21,23)/t12-,13+.